The average molecular weight is 243 g/mol. The van der Waals surface area contributed by atoms with Gasteiger partial charge in [0.1, 0.15) is 0 Å². The monoisotopic (exact) mass is 243 g/mol. The third kappa shape index (κ3) is 5.14. The van der Waals surface area contributed by atoms with E-state index in [-0.39, 0.29) is 18.4 Å². The Morgan fingerprint density at radius 3 is 2.71 bits per heavy atom. The molecule has 0 aromatic carbocycles. The first-order valence-electron chi connectivity index (χ1n) is 5.98. The largest absolute Gasteiger partial charge is 0.393 e. The molecule has 0 aromatic heterocycles. The lowest BCUT2D eigenvalue weighted by Gasteiger charge is -2.26. The van der Waals surface area contributed by atoms with E-state index in [1.54, 1.807) is 0 Å². The van der Waals surface area contributed by atoms with Crippen LogP contribution in [0.3, 0.4) is 0 Å². The minimum absolute atomic E-state index is 0.140. The van der Waals surface area contributed by atoms with Gasteiger partial charge in [-0.25, -0.2) is 0 Å². The number of aliphatic hydroxyl groups excluding tert-OH is 1. The number of rotatable bonds is 5. The van der Waals surface area contributed by atoms with Gasteiger partial charge in [-0.2, -0.15) is 0 Å². The molecule has 1 aliphatic carbocycles. The van der Waals surface area contributed by atoms with E-state index in [0.717, 1.165) is 19.3 Å². The van der Waals surface area contributed by atoms with Gasteiger partial charge in [0, 0.05) is 6.54 Å². The highest BCUT2D eigenvalue weighted by atomic mass is 16.3. The molecular formula is C11H21N3O3. The fourth-order valence-electron chi connectivity index (χ4n) is 2.13. The summed E-state index contributed by atoms with van der Waals surface area (Å²) in [5, 5.41) is 12.2. The molecule has 0 radical (unpaired) electrons. The van der Waals surface area contributed by atoms with Crippen LogP contribution < -0.4 is 16.8 Å². The van der Waals surface area contributed by atoms with E-state index in [9.17, 15) is 14.7 Å². The van der Waals surface area contributed by atoms with Crippen molar-refractivity contribution in [2.24, 2.45) is 17.4 Å². The summed E-state index contributed by atoms with van der Waals surface area (Å²) in [6, 6.07) is -0.874. The number of primary amides is 1. The highest BCUT2D eigenvalue weighted by molar-refractivity contribution is 5.87. The van der Waals surface area contributed by atoms with E-state index < -0.39 is 11.9 Å². The maximum atomic E-state index is 11.5. The Hall–Kier alpha value is -1.14. The SMILES string of the molecule is NC(=O)CC(N)C(=O)NCC1CCCC(O)C1. The molecule has 17 heavy (non-hydrogen) atoms. The molecule has 98 valence electrons. The van der Waals surface area contributed by atoms with E-state index in [1.165, 1.54) is 0 Å². The molecule has 2 amide bonds. The number of hydrogen-bond acceptors (Lipinski definition) is 4. The van der Waals surface area contributed by atoms with Crippen LogP contribution in [-0.2, 0) is 9.59 Å². The number of nitrogens with two attached hydrogens (primary N) is 2. The molecule has 0 aliphatic heterocycles. The summed E-state index contributed by atoms with van der Waals surface area (Å²) in [4.78, 5) is 22.1. The highest BCUT2D eigenvalue weighted by Crippen LogP contribution is 2.23. The molecule has 0 spiro atoms. The number of carbonyl (C=O) groups excluding carboxylic acids is 2. The summed E-state index contributed by atoms with van der Waals surface area (Å²) in [5.74, 6) is -0.645. The Labute approximate surface area is 101 Å². The number of nitrogens with one attached hydrogen (secondary N) is 1. The third-order valence-electron chi connectivity index (χ3n) is 3.08. The van der Waals surface area contributed by atoms with Gasteiger partial charge < -0.3 is 21.9 Å². The quantitative estimate of drug-likeness (QED) is 0.488. The highest BCUT2D eigenvalue weighted by Gasteiger charge is 2.22. The van der Waals surface area contributed by atoms with E-state index in [1.807, 2.05) is 0 Å². The lowest BCUT2D eigenvalue weighted by Crippen LogP contribution is -2.45. The predicted molar refractivity (Wildman–Crippen MR) is 62.8 cm³/mol. The fourth-order valence-corrected chi connectivity index (χ4v) is 2.13. The Kier molecular flexibility index (Phi) is 5.37. The van der Waals surface area contributed by atoms with Crippen LogP contribution in [0.1, 0.15) is 32.1 Å². The molecule has 0 bridgehead atoms. The number of aliphatic hydroxyl groups is 1. The zero-order valence-electron chi connectivity index (χ0n) is 9.89. The lowest BCUT2D eigenvalue weighted by molar-refractivity contribution is -0.126. The van der Waals surface area contributed by atoms with Crippen molar-refractivity contribution < 1.29 is 14.7 Å². The second-order valence-corrected chi connectivity index (χ2v) is 4.71. The Morgan fingerprint density at radius 2 is 2.12 bits per heavy atom. The van der Waals surface area contributed by atoms with E-state index >= 15 is 0 Å². The number of amides is 2. The van der Waals surface area contributed by atoms with Gasteiger partial charge >= 0.3 is 0 Å². The normalized spacial score (nSPS) is 26.2. The second-order valence-electron chi connectivity index (χ2n) is 4.71. The van der Waals surface area contributed by atoms with Crippen molar-refractivity contribution in [3.05, 3.63) is 0 Å². The topological polar surface area (TPSA) is 118 Å². The van der Waals surface area contributed by atoms with Crippen LogP contribution in [0.2, 0.25) is 0 Å². The second kappa shape index (κ2) is 6.56. The molecule has 3 unspecified atom stereocenters. The van der Waals surface area contributed by atoms with Crippen molar-refractivity contribution in [2.75, 3.05) is 6.54 Å². The molecule has 1 fully saturated rings. The van der Waals surface area contributed by atoms with E-state index in [2.05, 4.69) is 5.32 Å². The van der Waals surface area contributed by atoms with Crippen LogP contribution in [0.25, 0.3) is 0 Å². The zero-order chi connectivity index (χ0) is 12.8. The Bertz CT molecular complexity index is 283. The third-order valence-corrected chi connectivity index (χ3v) is 3.08. The summed E-state index contributed by atoms with van der Waals surface area (Å²) < 4.78 is 0. The van der Waals surface area contributed by atoms with Crippen LogP contribution in [0.5, 0.6) is 0 Å². The molecule has 0 saturated heterocycles. The molecule has 3 atom stereocenters. The van der Waals surface area contributed by atoms with Gasteiger partial charge in [0.05, 0.1) is 18.6 Å². The van der Waals surface area contributed by atoms with Crippen LogP contribution >= 0.6 is 0 Å². The molecule has 1 saturated carbocycles. The first-order valence-corrected chi connectivity index (χ1v) is 5.98. The van der Waals surface area contributed by atoms with Gasteiger partial charge in [-0.1, -0.05) is 6.42 Å². The standard InChI is InChI=1S/C11H21N3O3/c12-9(5-10(13)16)11(17)14-6-7-2-1-3-8(15)4-7/h7-9,15H,1-6,12H2,(H2,13,16)(H,14,17). The predicted octanol–water partition coefficient (Wildman–Crippen LogP) is -1.14. The molecule has 0 aromatic rings. The number of carbonyl (C=O) groups is 2. The van der Waals surface area contributed by atoms with Gasteiger partial charge in [0.2, 0.25) is 11.8 Å². The first kappa shape index (κ1) is 13.9. The number of hydrogen-bond donors (Lipinski definition) is 4. The van der Waals surface area contributed by atoms with Crippen LogP contribution in [0, 0.1) is 5.92 Å². The van der Waals surface area contributed by atoms with Crippen molar-refractivity contribution in [2.45, 2.75) is 44.2 Å². The van der Waals surface area contributed by atoms with Gasteiger partial charge in [-0.3, -0.25) is 9.59 Å². The molecular weight excluding hydrogens is 222 g/mol. The van der Waals surface area contributed by atoms with Crippen molar-refractivity contribution >= 4 is 11.8 Å². The fraction of sp³-hybridized carbons (Fsp3) is 0.818. The average Bonchev–Trinajstić information content (AvgIpc) is 2.25. The van der Waals surface area contributed by atoms with Gasteiger partial charge in [-0.05, 0) is 25.2 Å². The molecule has 6 nitrogen and oxygen atoms in total. The molecule has 1 rings (SSSR count). The van der Waals surface area contributed by atoms with Crippen LogP contribution in [0.15, 0.2) is 0 Å². The molecule has 0 heterocycles. The Balaban J connectivity index is 2.25. The van der Waals surface area contributed by atoms with Gasteiger partial charge in [-0.15, -0.1) is 0 Å². The van der Waals surface area contributed by atoms with E-state index in [0.29, 0.717) is 18.9 Å². The first-order chi connectivity index (χ1) is 7.99. The maximum Gasteiger partial charge on any atom is 0.237 e. The summed E-state index contributed by atoms with van der Waals surface area (Å²) in [7, 11) is 0. The minimum atomic E-state index is -0.874. The van der Waals surface area contributed by atoms with Crippen molar-refractivity contribution in [3.63, 3.8) is 0 Å². The van der Waals surface area contributed by atoms with Crippen molar-refractivity contribution in [3.8, 4) is 0 Å². The molecule has 6 heteroatoms. The molecule has 1 aliphatic rings. The summed E-state index contributed by atoms with van der Waals surface area (Å²) >= 11 is 0. The minimum Gasteiger partial charge on any atom is -0.393 e. The van der Waals surface area contributed by atoms with Crippen LogP contribution in [0.4, 0.5) is 0 Å². The summed E-state index contributed by atoms with van der Waals surface area (Å²) in [5.41, 5.74) is 10.5. The Morgan fingerprint density at radius 1 is 1.41 bits per heavy atom. The summed E-state index contributed by atoms with van der Waals surface area (Å²) in [6.07, 6.45) is 3.14. The zero-order valence-corrected chi connectivity index (χ0v) is 9.89. The smallest absolute Gasteiger partial charge is 0.237 e. The van der Waals surface area contributed by atoms with Crippen molar-refractivity contribution in [1.29, 1.82) is 0 Å². The van der Waals surface area contributed by atoms with Crippen LogP contribution in [-0.4, -0.2) is 35.6 Å². The molecule has 6 N–H and O–H groups in total. The van der Waals surface area contributed by atoms with Crippen molar-refractivity contribution in [1.82, 2.24) is 5.32 Å². The maximum absolute atomic E-state index is 11.5. The summed E-state index contributed by atoms with van der Waals surface area (Å²) in [6.45, 7) is 0.502. The van der Waals surface area contributed by atoms with E-state index in [4.69, 9.17) is 11.5 Å². The van der Waals surface area contributed by atoms with Gasteiger partial charge in [0.15, 0.2) is 0 Å². The van der Waals surface area contributed by atoms with Gasteiger partial charge in [0.25, 0.3) is 0 Å². The lowest BCUT2D eigenvalue weighted by atomic mass is 9.87.